The van der Waals surface area contributed by atoms with E-state index in [4.69, 9.17) is 23.7 Å². The van der Waals surface area contributed by atoms with Gasteiger partial charge in [-0.15, -0.1) is 0 Å². The first-order valence-corrected chi connectivity index (χ1v) is 26.2. The maximum Gasteiger partial charge on any atom is 0.387 e. The summed E-state index contributed by atoms with van der Waals surface area (Å²) in [5.74, 6) is 0.548. The minimum Gasteiger partial charge on any atom is -0.457 e. The molecule has 4 aromatic carbocycles. The highest BCUT2D eigenvalue weighted by molar-refractivity contribution is 6.10. The maximum absolute atomic E-state index is 13.4. The van der Waals surface area contributed by atoms with E-state index in [0.29, 0.717) is 40.8 Å². The first kappa shape index (κ1) is 56.1. The molecule has 22 nitrogen and oxygen atoms in total. The molecule has 2 fully saturated rings. The Hall–Kier alpha value is -9.76. The number of likely N-dealkylation sites (N-methyl/N-ethyl adjacent to an activating group) is 1. The van der Waals surface area contributed by atoms with Gasteiger partial charge in [0.15, 0.2) is 11.3 Å². The van der Waals surface area contributed by atoms with Gasteiger partial charge in [0.25, 0.3) is 11.8 Å². The largest absolute Gasteiger partial charge is 0.457 e. The number of halogens is 4. The number of ether oxygens (including phenoxy) is 5. The molecule has 0 spiro atoms. The number of likely N-dealkylation sites (tertiary alicyclic amines) is 1. The summed E-state index contributed by atoms with van der Waals surface area (Å²) in [6.45, 7) is -4.06. The number of anilines is 2. The summed E-state index contributed by atoms with van der Waals surface area (Å²) in [5, 5.41) is 35.6. The number of hydrogen-bond donors (Lipinski definition) is 4. The molecule has 2 aliphatic rings. The van der Waals surface area contributed by atoms with E-state index in [1.807, 2.05) is 43.4 Å². The van der Waals surface area contributed by atoms with Crippen LogP contribution in [0, 0.1) is 0 Å². The van der Waals surface area contributed by atoms with E-state index < -0.39 is 30.6 Å². The van der Waals surface area contributed by atoms with Crippen molar-refractivity contribution in [2.75, 3.05) is 37.9 Å². The summed E-state index contributed by atoms with van der Waals surface area (Å²) in [7, 11) is 7.00. The van der Waals surface area contributed by atoms with Gasteiger partial charge in [0.2, 0.25) is 0 Å². The van der Waals surface area contributed by atoms with Gasteiger partial charge < -0.3 is 44.7 Å². The SMILES string of the molecule is COC1(c2cccc(Oc3ccc(OC(F)F)c(-c4nn(C)cc4NC(=O)c4cnn5cccnc45)c3)c2)CN(C)C1.Cn1cc(NC(=O)c2cnn3cccnc23)c(-c2cc(Oc3cccc(CNC4CC(O)C4)c3)ccc2OC(F)F)n1. The summed E-state index contributed by atoms with van der Waals surface area (Å²) in [5.41, 5.74) is 4.07. The molecule has 1 saturated carbocycles. The van der Waals surface area contributed by atoms with E-state index in [-0.39, 0.29) is 68.7 Å². The van der Waals surface area contributed by atoms with E-state index in [1.54, 1.807) is 88.7 Å². The fourth-order valence-electron chi connectivity index (χ4n) is 9.93. The molecule has 1 saturated heterocycles. The third-order valence-electron chi connectivity index (χ3n) is 13.9. The molecule has 432 valence electrons. The van der Waals surface area contributed by atoms with Gasteiger partial charge in [-0.1, -0.05) is 24.3 Å². The van der Waals surface area contributed by atoms with Crippen molar-refractivity contribution in [3.63, 3.8) is 0 Å². The molecule has 1 aliphatic heterocycles. The molecule has 0 radical (unpaired) electrons. The number of nitrogens with zero attached hydrogens (tertiary/aromatic N) is 11. The zero-order valence-electron chi connectivity index (χ0n) is 45.4. The highest BCUT2D eigenvalue weighted by Gasteiger charge is 2.43. The van der Waals surface area contributed by atoms with Crippen LogP contribution in [0.15, 0.2) is 147 Å². The van der Waals surface area contributed by atoms with Gasteiger partial charge in [-0.3, -0.25) is 23.9 Å². The van der Waals surface area contributed by atoms with Crippen LogP contribution in [-0.4, -0.2) is 123 Å². The lowest BCUT2D eigenvalue weighted by molar-refractivity contribution is -0.121. The zero-order chi connectivity index (χ0) is 58.6. The number of aromatic nitrogens is 10. The molecule has 0 unspecified atom stereocenters. The molecule has 4 N–H and O–H groups in total. The highest BCUT2D eigenvalue weighted by Crippen LogP contribution is 2.42. The van der Waals surface area contributed by atoms with Crippen LogP contribution in [0.1, 0.15) is 44.7 Å². The van der Waals surface area contributed by atoms with Crippen LogP contribution in [-0.2, 0) is 31.0 Å². The fourth-order valence-corrected chi connectivity index (χ4v) is 9.93. The van der Waals surface area contributed by atoms with Gasteiger partial charge in [0.05, 0.1) is 41.0 Å². The van der Waals surface area contributed by atoms with Gasteiger partial charge in [0, 0.05) is 84.1 Å². The second kappa shape index (κ2) is 24.0. The molecular weight excluding hydrogens is 1100 g/mol. The molecule has 2 amide bonds. The number of fused-ring (bicyclic) bond motifs is 2. The van der Waals surface area contributed by atoms with Gasteiger partial charge in [-0.25, -0.2) is 19.0 Å². The summed E-state index contributed by atoms with van der Waals surface area (Å²) in [4.78, 5) is 37.0. The minimum absolute atomic E-state index is 0.131. The normalized spacial score (nSPS) is 15.5. The van der Waals surface area contributed by atoms with Crippen LogP contribution in [0.5, 0.6) is 34.5 Å². The van der Waals surface area contributed by atoms with Gasteiger partial charge in [0.1, 0.15) is 62.6 Å². The molecule has 0 bridgehead atoms. The Labute approximate surface area is 476 Å². The van der Waals surface area contributed by atoms with Crippen molar-refractivity contribution in [3.05, 3.63) is 169 Å². The third-order valence-corrected chi connectivity index (χ3v) is 13.9. The molecule has 26 heteroatoms. The van der Waals surface area contributed by atoms with Crippen molar-refractivity contribution >= 4 is 34.5 Å². The van der Waals surface area contributed by atoms with Crippen LogP contribution >= 0.6 is 0 Å². The van der Waals surface area contributed by atoms with Crippen LogP contribution in [0.25, 0.3) is 33.8 Å². The summed E-state index contributed by atoms with van der Waals surface area (Å²) >= 11 is 0. The van der Waals surface area contributed by atoms with Crippen LogP contribution < -0.4 is 34.9 Å². The lowest BCUT2D eigenvalue weighted by Crippen LogP contribution is -2.58. The van der Waals surface area contributed by atoms with Crippen LogP contribution in [0.4, 0.5) is 28.9 Å². The number of hydrogen-bond acceptors (Lipinski definition) is 16. The summed E-state index contributed by atoms with van der Waals surface area (Å²) < 4.78 is 87.0. The second-order valence-corrected chi connectivity index (χ2v) is 20.0. The Morgan fingerprint density at radius 3 is 1.65 bits per heavy atom. The molecule has 0 atom stereocenters. The molecule has 1 aliphatic carbocycles. The number of aliphatic hydroxyl groups is 1. The van der Waals surface area contributed by atoms with Gasteiger partial charge in [-0.2, -0.15) is 38.0 Å². The number of nitrogens with one attached hydrogen (secondary N) is 3. The lowest BCUT2D eigenvalue weighted by atomic mass is 9.86. The Morgan fingerprint density at radius 1 is 0.667 bits per heavy atom. The Bertz CT molecular complexity index is 4010. The van der Waals surface area contributed by atoms with E-state index in [0.717, 1.165) is 37.1 Å². The molecule has 84 heavy (non-hydrogen) atoms. The zero-order valence-corrected chi connectivity index (χ0v) is 45.4. The topological polar surface area (TPSA) is 236 Å². The summed E-state index contributed by atoms with van der Waals surface area (Å²) in [6.07, 6.45) is 13.6. The number of alkyl halides is 4. The smallest absolute Gasteiger partial charge is 0.387 e. The van der Waals surface area contributed by atoms with Crippen molar-refractivity contribution in [2.45, 2.75) is 50.4 Å². The Morgan fingerprint density at radius 2 is 1.17 bits per heavy atom. The fraction of sp³-hybridized carbons (Fsp3) is 0.241. The molecular formula is C58H54F4N14O8. The van der Waals surface area contributed by atoms with Crippen LogP contribution in [0.2, 0.25) is 0 Å². The quantitative estimate of drug-likeness (QED) is 0.0553. The van der Waals surface area contributed by atoms with E-state index >= 15 is 0 Å². The molecule has 7 heterocycles. The van der Waals surface area contributed by atoms with Crippen molar-refractivity contribution in [1.29, 1.82) is 0 Å². The molecule has 12 rings (SSSR count). The average Bonchev–Trinajstić information content (AvgIpc) is 4.34. The lowest BCUT2D eigenvalue weighted by Gasteiger charge is -2.47. The predicted octanol–water partition coefficient (Wildman–Crippen LogP) is 8.95. The number of benzene rings is 4. The monoisotopic (exact) mass is 1150 g/mol. The molecule has 6 aromatic heterocycles. The number of amides is 2. The minimum atomic E-state index is -3.08. The van der Waals surface area contributed by atoms with E-state index in [2.05, 4.69) is 51.2 Å². The van der Waals surface area contributed by atoms with Crippen molar-refractivity contribution in [2.24, 2.45) is 14.1 Å². The van der Waals surface area contributed by atoms with Gasteiger partial charge in [-0.05, 0) is 104 Å². The van der Waals surface area contributed by atoms with Crippen LogP contribution in [0.3, 0.4) is 0 Å². The first-order chi connectivity index (χ1) is 40.6. The molecule has 10 aromatic rings. The number of aryl methyl sites for hydroxylation is 2. The Balaban J connectivity index is 0.000000175. The predicted molar refractivity (Wildman–Crippen MR) is 298 cm³/mol. The maximum atomic E-state index is 13.4. The number of carbonyl (C=O) groups is 2. The van der Waals surface area contributed by atoms with Gasteiger partial charge >= 0.3 is 13.2 Å². The number of carbonyl (C=O) groups excluding carboxylic acids is 2. The Kier molecular flexibility index (Phi) is 16.0. The van der Waals surface area contributed by atoms with Crippen molar-refractivity contribution in [1.82, 2.24) is 59.0 Å². The number of rotatable bonds is 19. The number of methoxy groups -OCH3 is 1. The van der Waals surface area contributed by atoms with E-state index in [1.165, 1.54) is 61.1 Å². The number of aliphatic hydroxyl groups excluding tert-OH is 1. The first-order valence-electron chi connectivity index (χ1n) is 26.2. The van der Waals surface area contributed by atoms with Crippen molar-refractivity contribution < 1.29 is 55.9 Å². The second-order valence-electron chi connectivity index (χ2n) is 20.0. The highest BCUT2D eigenvalue weighted by atomic mass is 19.3. The third kappa shape index (κ3) is 12.4. The average molecular weight is 1150 g/mol. The standard InChI is InChI=1S/2C29H27F2N7O4/c1-36-16-29(17-36,40-3)18-6-4-7-19(12-18)41-20-8-9-24(42-28(30)31)21(13-20)25-23(15-37(2)35-25)34-27(39)22-14-33-38-11-5-10-32-26(22)38;1-37-16-24(35-28(40)23-15-34-38-9-3-8-32-27(23)38)26(36-37)22-13-21(6-7-25(22)42-29(30)31)41-20-5-2-4-17(10-20)14-33-18-11-19(39)12-18/h4-15,28H,16-17H2,1-3H3,(H,34,39);2-10,13,15-16,18-19,29,33,39H,11-12,14H2,1H3,(H,35,40). The van der Waals surface area contributed by atoms with E-state index in [9.17, 15) is 32.3 Å². The van der Waals surface area contributed by atoms with Crippen molar-refractivity contribution in [3.8, 4) is 57.0 Å². The summed E-state index contributed by atoms with van der Waals surface area (Å²) in [6, 6.07) is 27.6.